The molecule has 0 radical (unpaired) electrons. The first-order valence-corrected chi connectivity index (χ1v) is 6.02. The van der Waals surface area contributed by atoms with E-state index in [9.17, 15) is 4.79 Å². The van der Waals surface area contributed by atoms with Gasteiger partial charge in [-0.1, -0.05) is 24.3 Å². The van der Waals surface area contributed by atoms with Crippen LogP contribution in [0.15, 0.2) is 53.3 Å². The number of hydrogen-bond donors (Lipinski definition) is 0. The van der Waals surface area contributed by atoms with E-state index < -0.39 is 0 Å². The van der Waals surface area contributed by atoms with Gasteiger partial charge < -0.3 is 4.40 Å². The van der Waals surface area contributed by atoms with Crippen molar-refractivity contribution in [3.05, 3.63) is 64.4 Å². The van der Waals surface area contributed by atoms with E-state index in [1.54, 1.807) is 0 Å². The van der Waals surface area contributed by atoms with Crippen molar-refractivity contribution in [3.63, 3.8) is 0 Å². The van der Waals surface area contributed by atoms with E-state index in [1.165, 1.54) is 0 Å². The second-order valence-electron chi connectivity index (χ2n) is 4.71. The van der Waals surface area contributed by atoms with Crippen LogP contribution in [0.2, 0.25) is 0 Å². The van der Waals surface area contributed by atoms with Gasteiger partial charge >= 0.3 is 0 Å². The first kappa shape index (κ1) is 9.66. The van der Waals surface area contributed by atoms with Gasteiger partial charge in [-0.25, -0.2) is 0 Å². The van der Waals surface area contributed by atoms with Crippen LogP contribution in [0.25, 0.3) is 27.2 Å². The summed E-state index contributed by atoms with van der Waals surface area (Å²) < 4.78 is 2.18. The zero-order valence-corrected chi connectivity index (χ0v) is 9.97. The summed E-state index contributed by atoms with van der Waals surface area (Å²) in [4.78, 5) is 12.5. The number of para-hydroxylation sites is 2. The maximum atomic E-state index is 12.5. The Labute approximate surface area is 103 Å². The van der Waals surface area contributed by atoms with E-state index in [-0.39, 0.29) is 5.43 Å². The average molecular weight is 233 g/mol. The van der Waals surface area contributed by atoms with Gasteiger partial charge in [0.25, 0.3) is 0 Å². The molecule has 0 aliphatic carbocycles. The maximum absolute atomic E-state index is 12.5. The number of benzene rings is 2. The lowest BCUT2D eigenvalue weighted by molar-refractivity contribution is 1.17. The minimum absolute atomic E-state index is 0.127. The summed E-state index contributed by atoms with van der Waals surface area (Å²) in [6.45, 7) is 2.08. The van der Waals surface area contributed by atoms with Gasteiger partial charge in [0.15, 0.2) is 5.43 Å². The summed E-state index contributed by atoms with van der Waals surface area (Å²) in [5.74, 6) is 0. The second kappa shape index (κ2) is 3.10. The molecule has 0 bridgehead atoms. The summed E-state index contributed by atoms with van der Waals surface area (Å²) in [5, 5.41) is 2.73. The lowest BCUT2D eigenvalue weighted by atomic mass is 10.1. The van der Waals surface area contributed by atoms with Crippen molar-refractivity contribution in [1.29, 1.82) is 0 Å². The fraction of sp³-hybridized carbons (Fsp3) is 0.0625. The Morgan fingerprint density at radius 2 is 1.72 bits per heavy atom. The second-order valence-corrected chi connectivity index (χ2v) is 4.71. The third-order valence-corrected chi connectivity index (χ3v) is 3.64. The molecule has 86 valence electrons. The molecule has 0 N–H and O–H groups in total. The van der Waals surface area contributed by atoms with E-state index in [1.807, 2.05) is 36.4 Å². The number of aryl methyl sites for hydroxylation is 1. The Kier molecular flexibility index (Phi) is 1.67. The standard InChI is InChI=1S/C16H11NO/c1-10-9-11-5-4-7-13-15(11)17(10)14-8-3-2-6-12(14)16(13)18/h2-9H,1H3. The Morgan fingerprint density at radius 1 is 0.944 bits per heavy atom. The number of aromatic nitrogens is 1. The number of rotatable bonds is 0. The van der Waals surface area contributed by atoms with Crippen molar-refractivity contribution in [2.45, 2.75) is 6.92 Å². The third-order valence-electron chi connectivity index (χ3n) is 3.64. The SMILES string of the molecule is Cc1cc2cccc3c(=O)c4ccccc4n1c23. The van der Waals surface area contributed by atoms with E-state index >= 15 is 0 Å². The van der Waals surface area contributed by atoms with Gasteiger partial charge in [0.1, 0.15) is 0 Å². The zero-order valence-electron chi connectivity index (χ0n) is 9.97. The number of hydrogen-bond acceptors (Lipinski definition) is 1. The summed E-state index contributed by atoms with van der Waals surface area (Å²) >= 11 is 0. The van der Waals surface area contributed by atoms with Gasteiger partial charge in [-0.15, -0.1) is 0 Å². The molecule has 0 aliphatic rings. The molecule has 0 atom stereocenters. The minimum Gasteiger partial charge on any atom is -0.312 e. The highest BCUT2D eigenvalue weighted by Crippen LogP contribution is 2.26. The van der Waals surface area contributed by atoms with Crippen LogP contribution in [0.5, 0.6) is 0 Å². The first-order chi connectivity index (χ1) is 8.77. The smallest absolute Gasteiger partial charge is 0.197 e. The van der Waals surface area contributed by atoms with Gasteiger partial charge in [0.2, 0.25) is 0 Å². The molecule has 2 heterocycles. The molecule has 0 aliphatic heterocycles. The average Bonchev–Trinajstić information content (AvgIpc) is 2.73. The van der Waals surface area contributed by atoms with Crippen LogP contribution in [0.3, 0.4) is 0 Å². The van der Waals surface area contributed by atoms with Gasteiger partial charge in [0.05, 0.1) is 11.0 Å². The van der Waals surface area contributed by atoms with E-state index in [2.05, 4.69) is 23.5 Å². The van der Waals surface area contributed by atoms with Gasteiger partial charge in [-0.2, -0.15) is 0 Å². The van der Waals surface area contributed by atoms with E-state index in [0.29, 0.717) is 0 Å². The summed E-state index contributed by atoms with van der Waals surface area (Å²) in [6, 6.07) is 15.9. The topological polar surface area (TPSA) is 21.5 Å². The largest absolute Gasteiger partial charge is 0.312 e. The van der Waals surface area contributed by atoms with Crippen LogP contribution in [-0.4, -0.2) is 4.40 Å². The lowest BCUT2D eigenvalue weighted by Gasteiger charge is -2.06. The predicted molar refractivity (Wildman–Crippen MR) is 74.6 cm³/mol. The van der Waals surface area contributed by atoms with Crippen molar-refractivity contribution in [2.24, 2.45) is 0 Å². The highest BCUT2D eigenvalue weighted by atomic mass is 16.1. The molecule has 0 saturated carbocycles. The Balaban J connectivity index is 2.54. The van der Waals surface area contributed by atoms with E-state index in [0.717, 1.165) is 32.9 Å². The number of pyridine rings is 1. The van der Waals surface area contributed by atoms with Crippen molar-refractivity contribution in [3.8, 4) is 0 Å². The predicted octanol–water partition coefficient (Wildman–Crippen LogP) is 3.35. The number of nitrogens with zero attached hydrogens (tertiary/aromatic N) is 1. The molecular formula is C16H11NO. The first-order valence-electron chi connectivity index (χ1n) is 6.02. The van der Waals surface area contributed by atoms with Crippen LogP contribution in [-0.2, 0) is 0 Å². The fourth-order valence-electron chi connectivity index (χ4n) is 2.89. The van der Waals surface area contributed by atoms with Crippen LogP contribution < -0.4 is 5.43 Å². The molecule has 2 heteroatoms. The molecule has 4 rings (SSSR count). The van der Waals surface area contributed by atoms with Gasteiger partial charge in [0, 0.05) is 21.9 Å². The molecule has 0 fully saturated rings. The molecule has 0 spiro atoms. The number of fused-ring (bicyclic) bond motifs is 2. The molecule has 2 nitrogen and oxygen atoms in total. The summed E-state index contributed by atoms with van der Waals surface area (Å²) in [7, 11) is 0. The van der Waals surface area contributed by atoms with Gasteiger partial charge in [-0.05, 0) is 31.2 Å². The van der Waals surface area contributed by atoms with Crippen molar-refractivity contribution in [2.75, 3.05) is 0 Å². The summed E-state index contributed by atoms with van der Waals surface area (Å²) in [5.41, 5.74) is 3.33. The quantitative estimate of drug-likeness (QED) is 0.427. The van der Waals surface area contributed by atoms with Crippen LogP contribution >= 0.6 is 0 Å². The Bertz CT molecular complexity index is 950. The molecule has 2 aromatic carbocycles. The summed E-state index contributed by atoms with van der Waals surface area (Å²) in [6.07, 6.45) is 0. The highest BCUT2D eigenvalue weighted by molar-refractivity contribution is 6.03. The van der Waals surface area contributed by atoms with Crippen molar-refractivity contribution in [1.82, 2.24) is 4.40 Å². The molecule has 0 unspecified atom stereocenters. The molecule has 4 aromatic rings. The highest BCUT2D eigenvalue weighted by Gasteiger charge is 2.12. The Hall–Kier alpha value is -2.35. The van der Waals surface area contributed by atoms with E-state index in [4.69, 9.17) is 0 Å². The normalized spacial score (nSPS) is 11.8. The molecule has 18 heavy (non-hydrogen) atoms. The van der Waals surface area contributed by atoms with Crippen LogP contribution in [0, 0.1) is 6.92 Å². The van der Waals surface area contributed by atoms with Crippen LogP contribution in [0.1, 0.15) is 5.69 Å². The fourth-order valence-corrected chi connectivity index (χ4v) is 2.89. The monoisotopic (exact) mass is 233 g/mol. The molecule has 2 aromatic heterocycles. The molecule has 0 amide bonds. The zero-order chi connectivity index (χ0) is 12.3. The maximum Gasteiger partial charge on any atom is 0.197 e. The molecular weight excluding hydrogens is 222 g/mol. The van der Waals surface area contributed by atoms with Crippen molar-refractivity contribution < 1.29 is 0 Å². The van der Waals surface area contributed by atoms with Gasteiger partial charge in [-0.3, -0.25) is 4.79 Å². The lowest BCUT2D eigenvalue weighted by Crippen LogP contribution is -2.06. The molecule has 0 saturated heterocycles. The van der Waals surface area contributed by atoms with Crippen LogP contribution in [0.4, 0.5) is 0 Å². The third kappa shape index (κ3) is 1.00. The minimum atomic E-state index is 0.127. The van der Waals surface area contributed by atoms with Crippen molar-refractivity contribution >= 4 is 27.2 Å². The Morgan fingerprint density at radius 3 is 2.61 bits per heavy atom.